The molecule has 5 heteroatoms. The van der Waals surface area contributed by atoms with Crippen LogP contribution in [0.5, 0.6) is 0 Å². The number of carboxylic acids is 1. The van der Waals surface area contributed by atoms with Crippen LogP contribution < -0.4 is 5.43 Å². The number of aryl methyl sites for hydroxylation is 1. The second-order valence-electron chi connectivity index (χ2n) is 4.39. The Labute approximate surface area is 115 Å². The van der Waals surface area contributed by atoms with Crippen molar-refractivity contribution in [2.75, 3.05) is 0 Å². The molecule has 2 rings (SSSR count). The van der Waals surface area contributed by atoms with Crippen molar-refractivity contribution in [2.24, 2.45) is 0 Å². The van der Waals surface area contributed by atoms with Crippen LogP contribution in [-0.4, -0.2) is 15.6 Å². The maximum absolute atomic E-state index is 12.1. The van der Waals surface area contributed by atoms with Crippen molar-refractivity contribution in [1.29, 1.82) is 0 Å². The highest BCUT2D eigenvalue weighted by Crippen LogP contribution is 2.18. The van der Waals surface area contributed by atoms with Crippen LogP contribution in [-0.2, 0) is 6.54 Å². The number of benzene rings is 1. The quantitative estimate of drug-likeness (QED) is 0.935. The molecule has 0 saturated heterocycles. The van der Waals surface area contributed by atoms with Gasteiger partial charge in [-0.1, -0.05) is 24.9 Å². The van der Waals surface area contributed by atoms with E-state index in [2.05, 4.69) is 6.92 Å². The molecule has 19 heavy (non-hydrogen) atoms. The molecule has 4 nitrogen and oxygen atoms in total. The van der Waals surface area contributed by atoms with Crippen molar-refractivity contribution in [2.45, 2.75) is 26.3 Å². The number of carbonyl (C=O) groups is 1. The predicted octanol–water partition coefficient (Wildman–Crippen LogP) is 3.15. The number of halogens is 1. The summed E-state index contributed by atoms with van der Waals surface area (Å²) >= 11 is 5.95. The van der Waals surface area contributed by atoms with Crippen LogP contribution in [0.25, 0.3) is 10.9 Å². The minimum atomic E-state index is -1.20. The van der Waals surface area contributed by atoms with Gasteiger partial charge in [-0.05, 0) is 24.6 Å². The Morgan fingerprint density at radius 1 is 1.42 bits per heavy atom. The molecule has 1 heterocycles. The van der Waals surface area contributed by atoms with Gasteiger partial charge >= 0.3 is 5.97 Å². The lowest BCUT2D eigenvalue weighted by Crippen LogP contribution is -2.19. The molecule has 0 bridgehead atoms. The molecular formula is C14H14ClNO3. The van der Waals surface area contributed by atoms with Gasteiger partial charge in [-0.15, -0.1) is 0 Å². The van der Waals surface area contributed by atoms with Gasteiger partial charge in [0.25, 0.3) is 0 Å². The topological polar surface area (TPSA) is 59.3 Å². The number of fused-ring (bicyclic) bond motifs is 1. The smallest absolute Gasteiger partial charge is 0.341 e. The number of aromatic carboxylic acids is 1. The first-order chi connectivity index (χ1) is 9.04. The first-order valence-corrected chi connectivity index (χ1v) is 6.48. The standard InChI is InChI=1S/C14H14ClNO3/c1-2-3-6-16-8-11(14(18)19)13(17)10-5-4-9(15)7-12(10)16/h4-5,7-8H,2-3,6H2,1H3,(H,18,19). The lowest BCUT2D eigenvalue weighted by Gasteiger charge is -2.12. The second-order valence-corrected chi connectivity index (χ2v) is 4.82. The zero-order valence-electron chi connectivity index (χ0n) is 10.5. The number of aromatic nitrogens is 1. The average molecular weight is 280 g/mol. The number of nitrogens with zero attached hydrogens (tertiary/aromatic N) is 1. The van der Waals surface area contributed by atoms with Crippen LogP contribution in [0.4, 0.5) is 0 Å². The fraction of sp³-hybridized carbons (Fsp3) is 0.286. The summed E-state index contributed by atoms with van der Waals surface area (Å²) in [4.78, 5) is 23.2. The molecule has 1 N–H and O–H groups in total. The van der Waals surface area contributed by atoms with Gasteiger partial charge in [0.2, 0.25) is 5.43 Å². The van der Waals surface area contributed by atoms with Gasteiger partial charge in [0.15, 0.2) is 0 Å². The second kappa shape index (κ2) is 5.45. The largest absolute Gasteiger partial charge is 0.477 e. The molecule has 0 aliphatic heterocycles. The average Bonchev–Trinajstić information content (AvgIpc) is 2.37. The van der Waals surface area contributed by atoms with Gasteiger partial charge in [-0.2, -0.15) is 0 Å². The predicted molar refractivity (Wildman–Crippen MR) is 75.1 cm³/mol. The highest BCUT2D eigenvalue weighted by molar-refractivity contribution is 6.31. The number of hydrogen-bond acceptors (Lipinski definition) is 2. The van der Waals surface area contributed by atoms with Crippen molar-refractivity contribution in [3.8, 4) is 0 Å². The Morgan fingerprint density at radius 3 is 2.79 bits per heavy atom. The third-order valence-electron chi connectivity index (χ3n) is 3.03. The molecule has 0 saturated carbocycles. The minimum Gasteiger partial charge on any atom is -0.477 e. The van der Waals surface area contributed by atoms with Crippen LogP contribution in [0.2, 0.25) is 5.02 Å². The van der Waals surface area contributed by atoms with Crippen molar-refractivity contribution in [3.63, 3.8) is 0 Å². The molecule has 0 spiro atoms. The number of rotatable bonds is 4. The molecule has 100 valence electrons. The van der Waals surface area contributed by atoms with E-state index in [4.69, 9.17) is 16.7 Å². The zero-order chi connectivity index (χ0) is 14.0. The Bertz CT molecular complexity index is 691. The minimum absolute atomic E-state index is 0.203. The van der Waals surface area contributed by atoms with Crippen LogP contribution in [0, 0.1) is 0 Å². The normalized spacial score (nSPS) is 10.8. The monoisotopic (exact) mass is 279 g/mol. The van der Waals surface area contributed by atoms with Gasteiger partial charge in [-0.3, -0.25) is 4.79 Å². The Morgan fingerprint density at radius 2 is 2.16 bits per heavy atom. The van der Waals surface area contributed by atoms with E-state index in [9.17, 15) is 9.59 Å². The number of hydrogen-bond donors (Lipinski definition) is 1. The van der Waals surface area contributed by atoms with Crippen LogP contribution >= 0.6 is 11.6 Å². The van der Waals surface area contributed by atoms with Gasteiger partial charge < -0.3 is 9.67 Å². The van der Waals surface area contributed by atoms with Crippen LogP contribution in [0.15, 0.2) is 29.2 Å². The van der Waals surface area contributed by atoms with Crippen LogP contribution in [0.1, 0.15) is 30.1 Å². The van der Waals surface area contributed by atoms with Crippen molar-refractivity contribution in [1.82, 2.24) is 4.57 Å². The van der Waals surface area contributed by atoms with Gasteiger partial charge in [0, 0.05) is 23.2 Å². The Hall–Kier alpha value is -1.81. The van der Waals surface area contributed by atoms with Crippen molar-refractivity contribution < 1.29 is 9.90 Å². The van der Waals surface area contributed by atoms with Crippen LogP contribution in [0.3, 0.4) is 0 Å². The summed E-state index contributed by atoms with van der Waals surface area (Å²) in [7, 11) is 0. The van der Waals surface area contributed by atoms with E-state index < -0.39 is 11.4 Å². The lowest BCUT2D eigenvalue weighted by atomic mass is 10.1. The third kappa shape index (κ3) is 2.63. The van der Waals surface area contributed by atoms with E-state index in [0.717, 1.165) is 12.8 Å². The van der Waals surface area contributed by atoms with E-state index in [-0.39, 0.29) is 5.56 Å². The fourth-order valence-corrected chi connectivity index (χ4v) is 2.20. The molecular weight excluding hydrogens is 266 g/mol. The molecule has 0 atom stereocenters. The van der Waals surface area contributed by atoms with Gasteiger partial charge in [0.05, 0.1) is 5.52 Å². The first-order valence-electron chi connectivity index (χ1n) is 6.10. The SMILES string of the molecule is CCCCn1cc(C(=O)O)c(=O)c2ccc(Cl)cc21. The number of unbranched alkanes of at least 4 members (excludes halogenated alkanes) is 1. The van der Waals surface area contributed by atoms with Gasteiger partial charge in [-0.25, -0.2) is 4.79 Å². The number of carboxylic acid groups (broad SMARTS) is 1. The summed E-state index contributed by atoms with van der Waals surface area (Å²) < 4.78 is 1.79. The van der Waals surface area contributed by atoms with E-state index in [1.54, 1.807) is 22.8 Å². The summed E-state index contributed by atoms with van der Waals surface area (Å²) in [6.07, 6.45) is 3.29. The van der Waals surface area contributed by atoms with E-state index in [0.29, 0.717) is 22.5 Å². The molecule has 1 aromatic carbocycles. The highest BCUT2D eigenvalue weighted by Gasteiger charge is 2.14. The van der Waals surface area contributed by atoms with E-state index >= 15 is 0 Å². The molecule has 0 fully saturated rings. The lowest BCUT2D eigenvalue weighted by molar-refractivity contribution is 0.0695. The summed E-state index contributed by atoms with van der Waals surface area (Å²) in [5, 5.41) is 10.0. The zero-order valence-corrected chi connectivity index (χ0v) is 11.3. The Balaban J connectivity index is 2.76. The maximum atomic E-state index is 12.1. The summed E-state index contributed by atoms with van der Waals surface area (Å²) in [6.45, 7) is 2.71. The van der Waals surface area contributed by atoms with Crippen molar-refractivity contribution >= 4 is 28.5 Å². The van der Waals surface area contributed by atoms with E-state index in [1.807, 2.05) is 0 Å². The summed E-state index contributed by atoms with van der Waals surface area (Å²) in [5.41, 5.74) is 0.00814. The fourth-order valence-electron chi connectivity index (χ4n) is 2.03. The summed E-state index contributed by atoms with van der Waals surface area (Å²) in [5.74, 6) is -1.20. The maximum Gasteiger partial charge on any atom is 0.341 e. The van der Waals surface area contributed by atoms with Crippen molar-refractivity contribution in [3.05, 3.63) is 45.2 Å². The number of pyridine rings is 1. The molecule has 0 radical (unpaired) electrons. The molecule has 0 aliphatic carbocycles. The van der Waals surface area contributed by atoms with E-state index in [1.165, 1.54) is 6.20 Å². The highest BCUT2D eigenvalue weighted by atomic mass is 35.5. The molecule has 0 unspecified atom stereocenters. The molecule has 0 aliphatic rings. The van der Waals surface area contributed by atoms with Gasteiger partial charge in [0.1, 0.15) is 5.56 Å². The molecule has 2 aromatic rings. The summed E-state index contributed by atoms with van der Waals surface area (Å²) in [6, 6.07) is 4.87. The Kier molecular flexibility index (Phi) is 3.90. The molecule has 0 amide bonds. The first kappa shape index (κ1) is 13.6. The molecule has 1 aromatic heterocycles. The third-order valence-corrected chi connectivity index (χ3v) is 3.26.